The quantitative estimate of drug-likeness (QED) is 0.708. The van der Waals surface area contributed by atoms with E-state index in [2.05, 4.69) is 78.5 Å². The summed E-state index contributed by atoms with van der Waals surface area (Å²) < 4.78 is 0. The van der Waals surface area contributed by atoms with Gasteiger partial charge in [0.15, 0.2) is 0 Å². The van der Waals surface area contributed by atoms with Crippen molar-refractivity contribution in [2.24, 2.45) is 0 Å². The number of rotatable bonds is 2. The molecule has 0 aliphatic carbocycles. The van der Waals surface area contributed by atoms with Crippen LogP contribution in [0.25, 0.3) is 11.1 Å². The highest BCUT2D eigenvalue weighted by Gasteiger charge is 2.43. The largest absolute Gasteiger partial charge is 0.349 e. The Kier molecular flexibility index (Phi) is 3.03. The molecule has 0 bridgehead atoms. The van der Waals surface area contributed by atoms with Crippen molar-refractivity contribution in [1.82, 2.24) is 4.90 Å². The summed E-state index contributed by atoms with van der Waals surface area (Å²) in [6.07, 6.45) is 8.65. The van der Waals surface area contributed by atoms with Crippen molar-refractivity contribution in [2.75, 3.05) is 4.90 Å². The van der Waals surface area contributed by atoms with Crippen LogP contribution < -0.4 is 4.90 Å². The van der Waals surface area contributed by atoms with Crippen LogP contribution in [0, 0.1) is 0 Å². The van der Waals surface area contributed by atoms with Crippen LogP contribution in [0.2, 0.25) is 0 Å². The summed E-state index contributed by atoms with van der Waals surface area (Å²) in [6, 6.07) is 16.5. The molecule has 0 amide bonds. The van der Waals surface area contributed by atoms with E-state index in [0.29, 0.717) is 18.1 Å². The SMILES string of the molecule is CCC1CC(CC)N2C=CN3c4ccccc4-c4cccc1c4C32. The fraction of sp³-hybridized carbons (Fsp3) is 0.364. The number of para-hydroxylation sites is 1. The lowest BCUT2D eigenvalue weighted by Gasteiger charge is -2.41. The van der Waals surface area contributed by atoms with Crippen LogP contribution in [0.15, 0.2) is 54.9 Å². The van der Waals surface area contributed by atoms with Gasteiger partial charge in [-0.1, -0.05) is 50.2 Å². The Bertz CT molecular complexity index is 822. The first kappa shape index (κ1) is 14.2. The summed E-state index contributed by atoms with van der Waals surface area (Å²) in [5, 5.41) is 0. The van der Waals surface area contributed by atoms with Gasteiger partial charge in [-0.2, -0.15) is 0 Å². The average Bonchev–Trinajstić information content (AvgIpc) is 3.02. The summed E-state index contributed by atoms with van der Waals surface area (Å²) in [5.41, 5.74) is 7.28. The Morgan fingerprint density at radius 2 is 1.75 bits per heavy atom. The second kappa shape index (κ2) is 5.14. The molecule has 3 aliphatic rings. The van der Waals surface area contributed by atoms with E-state index in [1.165, 1.54) is 36.1 Å². The maximum absolute atomic E-state index is 2.62. The van der Waals surface area contributed by atoms with Crippen LogP contribution in [-0.4, -0.2) is 10.9 Å². The van der Waals surface area contributed by atoms with Crippen molar-refractivity contribution >= 4 is 5.69 Å². The molecule has 0 saturated heterocycles. The van der Waals surface area contributed by atoms with Crippen molar-refractivity contribution in [1.29, 1.82) is 0 Å². The van der Waals surface area contributed by atoms with E-state index in [-0.39, 0.29) is 0 Å². The number of nitrogens with zero attached hydrogens (tertiary/aromatic N) is 2. The lowest BCUT2D eigenvalue weighted by Crippen LogP contribution is -2.38. The fourth-order valence-electron chi connectivity index (χ4n) is 5.01. The fourth-order valence-corrected chi connectivity index (χ4v) is 5.01. The van der Waals surface area contributed by atoms with Crippen LogP contribution in [0.4, 0.5) is 5.69 Å². The molecule has 0 fully saturated rings. The first-order valence-corrected chi connectivity index (χ1v) is 9.29. The summed E-state index contributed by atoms with van der Waals surface area (Å²) >= 11 is 0. The van der Waals surface area contributed by atoms with Crippen LogP contribution in [-0.2, 0) is 0 Å². The third-order valence-corrected chi connectivity index (χ3v) is 6.20. The molecule has 0 saturated carbocycles. The molecule has 2 heteroatoms. The van der Waals surface area contributed by atoms with Gasteiger partial charge < -0.3 is 9.80 Å². The Morgan fingerprint density at radius 3 is 2.58 bits per heavy atom. The minimum atomic E-state index is 0.340. The lowest BCUT2D eigenvalue weighted by molar-refractivity contribution is 0.209. The van der Waals surface area contributed by atoms with Gasteiger partial charge in [-0.15, -0.1) is 0 Å². The molecule has 3 unspecified atom stereocenters. The van der Waals surface area contributed by atoms with E-state index < -0.39 is 0 Å². The van der Waals surface area contributed by atoms with Gasteiger partial charge in [0.2, 0.25) is 0 Å². The second-order valence-electron chi connectivity index (χ2n) is 7.25. The predicted octanol–water partition coefficient (Wildman–Crippen LogP) is 5.63. The average molecular weight is 316 g/mol. The highest BCUT2D eigenvalue weighted by Crippen LogP contribution is 2.53. The topological polar surface area (TPSA) is 6.48 Å². The monoisotopic (exact) mass is 316 g/mol. The number of fused-ring (bicyclic) bond motifs is 3. The van der Waals surface area contributed by atoms with Crippen molar-refractivity contribution in [3.05, 3.63) is 66.0 Å². The normalized spacial score (nSPS) is 26.2. The van der Waals surface area contributed by atoms with E-state index in [9.17, 15) is 0 Å². The number of hydrogen-bond acceptors (Lipinski definition) is 2. The summed E-state index contributed by atoms with van der Waals surface area (Å²) in [4.78, 5) is 5.11. The van der Waals surface area contributed by atoms with Crippen LogP contribution in [0.5, 0.6) is 0 Å². The van der Waals surface area contributed by atoms with Crippen molar-refractivity contribution in [3.63, 3.8) is 0 Å². The van der Waals surface area contributed by atoms with Crippen LogP contribution >= 0.6 is 0 Å². The molecule has 2 nitrogen and oxygen atoms in total. The van der Waals surface area contributed by atoms with Crippen molar-refractivity contribution in [3.8, 4) is 11.1 Å². The Labute approximate surface area is 144 Å². The predicted molar refractivity (Wildman–Crippen MR) is 99.8 cm³/mol. The highest BCUT2D eigenvalue weighted by molar-refractivity contribution is 5.86. The molecule has 0 N–H and O–H groups in total. The van der Waals surface area contributed by atoms with Gasteiger partial charge in [0.05, 0.1) is 5.69 Å². The van der Waals surface area contributed by atoms with Gasteiger partial charge in [-0.05, 0) is 42.4 Å². The smallest absolute Gasteiger partial charge is 0.133 e. The molecule has 0 spiro atoms. The summed E-state index contributed by atoms with van der Waals surface area (Å²) in [7, 11) is 0. The molecule has 2 aromatic carbocycles. The minimum absolute atomic E-state index is 0.340. The summed E-state index contributed by atoms with van der Waals surface area (Å²) in [6.45, 7) is 4.68. The van der Waals surface area contributed by atoms with Crippen LogP contribution in [0.3, 0.4) is 0 Å². The first-order chi connectivity index (χ1) is 11.8. The third kappa shape index (κ3) is 1.71. The molecule has 3 heterocycles. The van der Waals surface area contributed by atoms with Gasteiger partial charge in [0, 0.05) is 29.6 Å². The molecule has 0 radical (unpaired) electrons. The Morgan fingerprint density at radius 1 is 0.917 bits per heavy atom. The van der Waals surface area contributed by atoms with Gasteiger partial charge >= 0.3 is 0 Å². The lowest BCUT2D eigenvalue weighted by atomic mass is 9.82. The van der Waals surface area contributed by atoms with Gasteiger partial charge in [-0.3, -0.25) is 0 Å². The maximum Gasteiger partial charge on any atom is 0.133 e. The molecule has 122 valence electrons. The van der Waals surface area contributed by atoms with E-state index in [4.69, 9.17) is 0 Å². The number of hydrogen-bond donors (Lipinski definition) is 0. The molecule has 3 atom stereocenters. The van der Waals surface area contributed by atoms with E-state index in [1.54, 1.807) is 11.1 Å². The number of anilines is 1. The molecule has 24 heavy (non-hydrogen) atoms. The minimum Gasteiger partial charge on any atom is -0.349 e. The molecule has 2 aromatic rings. The molecule has 0 aromatic heterocycles. The zero-order chi connectivity index (χ0) is 16.3. The Hall–Kier alpha value is -2.22. The molecule has 5 rings (SSSR count). The van der Waals surface area contributed by atoms with Gasteiger partial charge in [-0.25, -0.2) is 0 Å². The van der Waals surface area contributed by atoms with Crippen molar-refractivity contribution in [2.45, 2.75) is 51.2 Å². The Balaban J connectivity index is 1.82. The van der Waals surface area contributed by atoms with E-state index in [1.807, 2.05) is 0 Å². The van der Waals surface area contributed by atoms with Gasteiger partial charge in [0.25, 0.3) is 0 Å². The highest BCUT2D eigenvalue weighted by atomic mass is 15.4. The van der Waals surface area contributed by atoms with Gasteiger partial charge in [0.1, 0.15) is 6.17 Å². The maximum atomic E-state index is 2.62. The zero-order valence-electron chi connectivity index (χ0n) is 14.4. The van der Waals surface area contributed by atoms with E-state index >= 15 is 0 Å². The zero-order valence-corrected chi connectivity index (χ0v) is 14.4. The van der Waals surface area contributed by atoms with Crippen molar-refractivity contribution < 1.29 is 0 Å². The standard InChI is InChI=1S/C22H24N2/c1-3-15-14-16(4-2)23-12-13-24-20-11-6-5-8-18(20)19-10-7-9-17(15)21(19)22(23)24/h5-13,15-16,22H,3-4,14H2,1-2H3. The van der Waals surface area contributed by atoms with E-state index in [0.717, 1.165) is 0 Å². The third-order valence-electron chi connectivity index (χ3n) is 6.20. The molecular weight excluding hydrogens is 292 g/mol. The second-order valence-corrected chi connectivity index (χ2v) is 7.25. The molecule has 3 aliphatic heterocycles. The molecular formula is C22H24N2. The van der Waals surface area contributed by atoms with Crippen LogP contribution in [0.1, 0.15) is 56.3 Å². The number of benzene rings is 2. The first-order valence-electron chi connectivity index (χ1n) is 9.29. The summed E-state index contributed by atoms with van der Waals surface area (Å²) in [5.74, 6) is 0.663.